The van der Waals surface area contributed by atoms with E-state index in [2.05, 4.69) is 4.90 Å². The van der Waals surface area contributed by atoms with E-state index in [1.54, 1.807) is 31.4 Å². The lowest BCUT2D eigenvalue weighted by Crippen LogP contribution is -2.34. The molecule has 1 saturated heterocycles. The highest BCUT2D eigenvalue weighted by Crippen LogP contribution is 2.30. The van der Waals surface area contributed by atoms with E-state index in [1.165, 1.54) is 6.42 Å². The van der Waals surface area contributed by atoms with Gasteiger partial charge in [0, 0.05) is 18.7 Å². The lowest BCUT2D eigenvalue weighted by Gasteiger charge is -2.29. The quantitative estimate of drug-likeness (QED) is 0.454. The van der Waals surface area contributed by atoms with Gasteiger partial charge in [-0.25, -0.2) is 4.79 Å². The molecule has 0 unspecified atom stereocenters. The maximum atomic E-state index is 12.5. The van der Waals surface area contributed by atoms with Crippen LogP contribution in [0.15, 0.2) is 42.5 Å². The molecule has 0 aliphatic carbocycles. The molecular weight excluding hydrogens is 346 g/mol. The second-order valence-electron chi connectivity index (χ2n) is 6.48. The molecule has 136 valence electrons. The SMILES string of the molecule is COc1ccc(C(=S)N2CCCCC2)cc1OC(=O)c1cccc(C)c1. The zero-order valence-corrected chi connectivity index (χ0v) is 16.0. The molecule has 2 aromatic rings. The summed E-state index contributed by atoms with van der Waals surface area (Å²) in [6.07, 6.45) is 3.57. The fourth-order valence-corrected chi connectivity index (χ4v) is 3.41. The summed E-state index contributed by atoms with van der Waals surface area (Å²) in [5.41, 5.74) is 2.39. The van der Waals surface area contributed by atoms with Crippen molar-refractivity contribution in [1.29, 1.82) is 0 Å². The third-order valence-electron chi connectivity index (χ3n) is 4.51. The van der Waals surface area contributed by atoms with Crippen molar-refractivity contribution in [2.45, 2.75) is 26.2 Å². The molecule has 1 heterocycles. The van der Waals surface area contributed by atoms with Gasteiger partial charge < -0.3 is 14.4 Å². The lowest BCUT2D eigenvalue weighted by atomic mass is 10.1. The number of rotatable bonds is 4. The Morgan fingerprint density at radius 1 is 1.00 bits per heavy atom. The largest absolute Gasteiger partial charge is 0.493 e. The maximum absolute atomic E-state index is 12.5. The molecule has 0 spiro atoms. The van der Waals surface area contributed by atoms with Crippen LogP contribution in [0.25, 0.3) is 0 Å². The van der Waals surface area contributed by atoms with Crippen LogP contribution in [0.3, 0.4) is 0 Å². The van der Waals surface area contributed by atoms with Crippen molar-refractivity contribution >= 4 is 23.2 Å². The Morgan fingerprint density at radius 2 is 1.77 bits per heavy atom. The number of piperidine rings is 1. The average molecular weight is 369 g/mol. The number of hydrogen-bond donors (Lipinski definition) is 0. The molecule has 0 N–H and O–H groups in total. The van der Waals surface area contributed by atoms with Gasteiger partial charge in [-0.2, -0.15) is 0 Å². The molecule has 2 aromatic carbocycles. The normalized spacial score (nSPS) is 14.0. The molecule has 0 saturated carbocycles. The zero-order chi connectivity index (χ0) is 18.5. The van der Waals surface area contributed by atoms with E-state index >= 15 is 0 Å². The van der Waals surface area contributed by atoms with Gasteiger partial charge in [-0.05, 0) is 56.5 Å². The molecule has 0 amide bonds. The predicted octanol–water partition coefficient (Wildman–Crippen LogP) is 4.38. The van der Waals surface area contributed by atoms with Crippen molar-refractivity contribution < 1.29 is 14.3 Å². The van der Waals surface area contributed by atoms with E-state index in [4.69, 9.17) is 21.7 Å². The van der Waals surface area contributed by atoms with Gasteiger partial charge in [-0.15, -0.1) is 0 Å². The number of methoxy groups -OCH3 is 1. The van der Waals surface area contributed by atoms with Crippen molar-refractivity contribution in [3.8, 4) is 11.5 Å². The summed E-state index contributed by atoms with van der Waals surface area (Å²) in [5, 5.41) is 0. The van der Waals surface area contributed by atoms with Crippen LogP contribution in [-0.2, 0) is 0 Å². The first kappa shape index (κ1) is 18.4. The number of nitrogens with zero attached hydrogens (tertiary/aromatic N) is 1. The third kappa shape index (κ3) is 4.22. The molecule has 26 heavy (non-hydrogen) atoms. The first-order chi connectivity index (χ1) is 12.6. The number of likely N-dealkylation sites (tertiary alicyclic amines) is 1. The molecular formula is C21H23NO3S. The summed E-state index contributed by atoms with van der Waals surface area (Å²) in [4.78, 5) is 15.5. The van der Waals surface area contributed by atoms with E-state index in [-0.39, 0.29) is 0 Å². The van der Waals surface area contributed by atoms with E-state index in [1.807, 2.05) is 25.1 Å². The lowest BCUT2D eigenvalue weighted by molar-refractivity contribution is 0.0729. The molecule has 0 aromatic heterocycles. The second kappa shape index (κ2) is 8.32. The molecule has 0 bridgehead atoms. The number of ether oxygens (including phenoxy) is 2. The Bertz CT molecular complexity index is 813. The first-order valence-corrected chi connectivity index (χ1v) is 9.25. The van der Waals surface area contributed by atoms with Gasteiger partial charge >= 0.3 is 5.97 Å². The van der Waals surface area contributed by atoms with E-state index in [0.717, 1.165) is 42.0 Å². The van der Waals surface area contributed by atoms with Crippen LogP contribution in [0.1, 0.15) is 40.7 Å². The first-order valence-electron chi connectivity index (χ1n) is 8.84. The van der Waals surface area contributed by atoms with Crippen LogP contribution < -0.4 is 9.47 Å². The number of benzene rings is 2. The highest BCUT2D eigenvalue weighted by atomic mass is 32.1. The highest BCUT2D eigenvalue weighted by molar-refractivity contribution is 7.80. The average Bonchev–Trinajstić information content (AvgIpc) is 2.68. The van der Waals surface area contributed by atoms with Gasteiger partial charge in [0.1, 0.15) is 4.99 Å². The fraction of sp³-hybridized carbons (Fsp3) is 0.333. The molecule has 3 rings (SSSR count). The van der Waals surface area contributed by atoms with Crippen LogP contribution in [0.4, 0.5) is 0 Å². The van der Waals surface area contributed by atoms with Crippen LogP contribution in [0, 0.1) is 6.92 Å². The minimum atomic E-state index is -0.409. The molecule has 4 nitrogen and oxygen atoms in total. The van der Waals surface area contributed by atoms with E-state index in [9.17, 15) is 4.79 Å². The summed E-state index contributed by atoms with van der Waals surface area (Å²) >= 11 is 5.65. The number of aryl methyl sites for hydroxylation is 1. The Labute approximate surface area is 159 Å². The van der Waals surface area contributed by atoms with Gasteiger partial charge in [0.2, 0.25) is 0 Å². The van der Waals surface area contributed by atoms with Crippen LogP contribution >= 0.6 is 12.2 Å². The van der Waals surface area contributed by atoms with Crippen molar-refractivity contribution in [2.24, 2.45) is 0 Å². The van der Waals surface area contributed by atoms with Gasteiger partial charge in [0.15, 0.2) is 11.5 Å². The van der Waals surface area contributed by atoms with Gasteiger partial charge in [0.05, 0.1) is 12.7 Å². The molecule has 5 heteroatoms. The highest BCUT2D eigenvalue weighted by Gasteiger charge is 2.18. The van der Waals surface area contributed by atoms with Gasteiger partial charge in [-0.1, -0.05) is 29.9 Å². The predicted molar refractivity (Wildman–Crippen MR) is 106 cm³/mol. The monoisotopic (exact) mass is 369 g/mol. The fourth-order valence-electron chi connectivity index (χ4n) is 3.10. The van der Waals surface area contributed by atoms with Gasteiger partial charge in [-0.3, -0.25) is 0 Å². The zero-order valence-electron chi connectivity index (χ0n) is 15.2. The summed E-state index contributed by atoms with van der Waals surface area (Å²) < 4.78 is 11.0. The topological polar surface area (TPSA) is 38.8 Å². The molecule has 0 radical (unpaired) electrons. The smallest absolute Gasteiger partial charge is 0.343 e. The van der Waals surface area contributed by atoms with Crippen molar-refractivity contribution in [2.75, 3.05) is 20.2 Å². The Kier molecular flexibility index (Phi) is 5.89. The second-order valence-corrected chi connectivity index (χ2v) is 6.86. The Balaban J connectivity index is 1.83. The third-order valence-corrected chi connectivity index (χ3v) is 5.00. The number of carbonyl (C=O) groups is 1. The standard InChI is InChI=1S/C21H23NO3S/c1-15-7-6-8-17(13-15)21(23)25-19-14-16(9-10-18(19)24-2)20(26)22-11-4-3-5-12-22/h6-10,13-14H,3-5,11-12H2,1-2H3. The van der Waals surface area contributed by atoms with Crippen molar-refractivity contribution in [1.82, 2.24) is 4.90 Å². The van der Waals surface area contributed by atoms with Crippen LogP contribution in [-0.4, -0.2) is 36.1 Å². The molecule has 1 aliphatic heterocycles. The number of carbonyl (C=O) groups excluding carboxylic acids is 1. The van der Waals surface area contributed by atoms with Crippen LogP contribution in [0.2, 0.25) is 0 Å². The molecule has 0 atom stereocenters. The summed E-state index contributed by atoms with van der Waals surface area (Å²) in [6, 6.07) is 12.8. The van der Waals surface area contributed by atoms with Crippen LogP contribution in [0.5, 0.6) is 11.5 Å². The van der Waals surface area contributed by atoms with Crippen molar-refractivity contribution in [3.63, 3.8) is 0 Å². The molecule has 1 fully saturated rings. The Hall–Kier alpha value is -2.40. The summed E-state index contributed by atoms with van der Waals surface area (Å²) in [5.74, 6) is 0.486. The minimum Gasteiger partial charge on any atom is -0.493 e. The Morgan fingerprint density at radius 3 is 2.46 bits per heavy atom. The van der Waals surface area contributed by atoms with Crippen molar-refractivity contribution in [3.05, 3.63) is 59.2 Å². The summed E-state index contributed by atoms with van der Waals surface area (Å²) in [7, 11) is 1.56. The summed E-state index contributed by atoms with van der Waals surface area (Å²) in [6.45, 7) is 3.89. The number of hydrogen-bond acceptors (Lipinski definition) is 4. The minimum absolute atomic E-state index is 0.385. The number of thiocarbonyl (C=S) groups is 1. The maximum Gasteiger partial charge on any atom is 0.343 e. The van der Waals surface area contributed by atoms with Gasteiger partial charge in [0.25, 0.3) is 0 Å². The van der Waals surface area contributed by atoms with E-state index in [0.29, 0.717) is 17.1 Å². The number of esters is 1. The van der Waals surface area contributed by atoms with E-state index < -0.39 is 5.97 Å². The molecule has 1 aliphatic rings.